The van der Waals surface area contributed by atoms with Crippen molar-refractivity contribution >= 4 is 31.9 Å². The first kappa shape index (κ1) is 17.1. The summed E-state index contributed by atoms with van der Waals surface area (Å²) >= 11 is 0. The summed E-state index contributed by atoms with van der Waals surface area (Å²) in [6.07, 6.45) is 0. The van der Waals surface area contributed by atoms with Crippen LogP contribution in [-0.4, -0.2) is 47.1 Å². The minimum absolute atomic E-state index is 0.184. The van der Waals surface area contributed by atoms with Gasteiger partial charge in [-0.1, -0.05) is 32.1 Å². The van der Waals surface area contributed by atoms with E-state index < -0.39 is 15.4 Å². The van der Waals surface area contributed by atoms with Crippen LogP contribution in [-0.2, 0) is 11.0 Å². The van der Waals surface area contributed by atoms with Gasteiger partial charge in [-0.3, -0.25) is 0 Å². The normalized spacial score (nSPS) is 12.9. The van der Waals surface area contributed by atoms with Crippen molar-refractivity contribution in [1.29, 1.82) is 0 Å². The third kappa shape index (κ3) is 3.57. The Morgan fingerprint density at radius 3 is 2.55 bits per heavy atom. The highest BCUT2D eigenvalue weighted by molar-refractivity contribution is 6.74. The first-order valence-corrected chi connectivity index (χ1v) is 10.4. The standard InChI is InChI=1S/C14H24BN3O3Si/c1-14(2,3)22(4,5)21-9-8-18-13-7-6-11(15(19)20)10-12(13)16-17-18/h6-7,10,19-20H,8-9H2,1-5H3. The van der Waals surface area contributed by atoms with Gasteiger partial charge in [0.15, 0.2) is 8.32 Å². The van der Waals surface area contributed by atoms with Gasteiger partial charge in [0.05, 0.1) is 18.7 Å². The molecule has 22 heavy (non-hydrogen) atoms. The Morgan fingerprint density at radius 2 is 1.95 bits per heavy atom. The first-order valence-electron chi connectivity index (χ1n) is 7.45. The summed E-state index contributed by atoms with van der Waals surface area (Å²) in [4.78, 5) is 0. The van der Waals surface area contributed by atoms with Crippen LogP contribution in [0.5, 0.6) is 0 Å². The molecule has 0 radical (unpaired) electrons. The molecule has 8 heteroatoms. The van der Waals surface area contributed by atoms with E-state index in [4.69, 9.17) is 4.43 Å². The molecule has 1 aromatic heterocycles. The summed E-state index contributed by atoms with van der Waals surface area (Å²) in [6, 6.07) is 5.11. The third-order valence-corrected chi connectivity index (χ3v) is 8.95. The summed E-state index contributed by atoms with van der Waals surface area (Å²) in [5.41, 5.74) is 1.93. The van der Waals surface area contributed by atoms with Crippen LogP contribution >= 0.6 is 0 Å². The van der Waals surface area contributed by atoms with Crippen LogP contribution in [0.25, 0.3) is 11.0 Å². The van der Waals surface area contributed by atoms with Gasteiger partial charge in [-0.2, -0.15) is 0 Å². The van der Waals surface area contributed by atoms with Crippen molar-refractivity contribution < 1.29 is 14.5 Å². The molecule has 1 heterocycles. The van der Waals surface area contributed by atoms with Crippen molar-refractivity contribution in [1.82, 2.24) is 15.0 Å². The van der Waals surface area contributed by atoms with Crippen LogP contribution < -0.4 is 5.46 Å². The molecule has 1 aromatic carbocycles. The summed E-state index contributed by atoms with van der Waals surface area (Å²) in [5, 5.41) is 26.7. The van der Waals surface area contributed by atoms with Crippen molar-refractivity contribution in [2.75, 3.05) is 6.61 Å². The van der Waals surface area contributed by atoms with E-state index in [0.29, 0.717) is 24.1 Å². The van der Waals surface area contributed by atoms with Gasteiger partial charge in [-0.25, -0.2) is 4.68 Å². The maximum atomic E-state index is 9.18. The van der Waals surface area contributed by atoms with Crippen molar-refractivity contribution in [3.63, 3.8) is 0 Å². The summed E-state index contributed by atoms with van der Waals surface area (Å²) < 4.78 is 7.94. The molecule has 120 valence electrons. The molecule has 0 unspecified atom stereocenters. The van der Waals surface area contributed by atoms with Crippen molar-refractivity contribution in [2.24, 2.45) is 0 Å². The molecule has 0 amide bonds. The Bertz CT molecular complexity index is 652. The van der Waals surface area contributed by atoms with Crippen LogP contribution in [0.2, 0.25) is 18.1 Å². The fraction of sp³-hybridized carbons (Fsp3) is 0.571. The average Bonchev–Trinajstić information content (AvgIpc) is 2.79. The number of rotatable bonds is 5. The van der Waals surface area contributed by atoms with Crippen LogP contribution in [0, 0.1) is 0 Å². The lowest BCUT2D eigenvalue weighted by atomic mass is 9.80. The fourth-order valence-corrected chi connectivity index (χ4v) is 2.95. The Hall–Kier alpha value is -1.22. The molecule has 6 nitrogen and oxygen atoms in total. The van der Waals surface area contributed by atoms with E-state index in [1.54, 1.807) is 22.9 Å². The highest BCUT2D eigenvalue weighted by Gasteiger charge is 2.36. The predicted octanol–water partition coefficient (Wildman–Crippen LogP) is 1.13. The van der Waals surface area contributed by atoms with Crippen LogP contribution in [0.4, 0.5) is 0 Å². The minimum atomic E-state index is -1.76. The van der Waals surface area contributed by atoms with Crippen molar-refractivity contribution in [3.05, 3.63) is 18.2 Å². The number of hydrogen-bond acceptors (Lipinski definition) is 5. The SMILES string of the molecule is CC(C)(C)[Si](C)(C)OCCn1nnc2cc(B(O)O)ccc21. The molecular weight excluding hydrogens is 297 g/mol. The van der Waals surface area contributed by atoms with Gasteiger partial charge in [0.2, 0.25) is 0 Å². The van der Waals surface area contributed by atoms with E-state index in [-0.39, 0.29) is 5.04 Å². The van der Waals surface area contributed by atoms with Gasteiger partial charge < -0.3 is 14.5 Å². The van der Waals surface area contributed by atoms with E-state index in [1.807, 2.05) is 0 Å². The second kappa shape index (κ2) is 6.11. The lowest BCUT2D eigenvalue weighted by molar-refractivity contribution is 0.266. The molecule has 0 fully saturated rings. The molecule has 0 aliphatic carbocycles. The van der Waals surface area contributed by atoms with Gasteiger partial charge in [0.25, 0.3) is 0 Å². The lowest BCUT2D eigenvalue weighted by Crippen LogP contribution is -2.41. The Labute approximate surface area is 132 Å². The molecule has 0 aliphatic rings. The number of fused-ring (bicyclic) bond motifs is 1. The largest absolute Gasteiger partial charge is 0.488 e. The average molecular weight is 321 g/mol. The molecule has 0 saturated carbocycles. The van der Waals surface area contributed by atoms with Crippen molar-refractivity contribution in [2.45, 2.75) is 45.4 Å². The zero-order chi connectivity index (χ0) is 16.5. The molecular formula is C14H24BN3O3Si. The lowest BCUT2D eigenvalue weighted by Gasteiger charge is -2.36. The van der Waals surface area contributed by atoms with E-state index in [9.17, 15) is 10.0 Å². The van der Waals surface area contributed by atoms with Gasteiger partial charge in [0.1, 0.15) is 5.52 Å². The summed E-state index contributed by atoms with van der Waals surface area (Å²) in [7, 11) is -3.25. The third-order valence-electron chi connectivity index (χ3n) is 4.41. The number of benzene rings is 1. The quantitative estimate of drug-likeness (QED) is 0.807. The zero-order valence-electron chi connectivity index (χ0n) is 13.9. The summed E-state index contributed by atoms with van der Waals surface area (Å²) in [5.74, 6) is 0. The predicted molar refractivity (Wildman–Crippen MR) is 90.5 cm³/mol. The molecule has 0 spiro atoms. The number of aromatic nitrogens is 3. The topological polar surface area (TPSA) is 80.4 Å². The molecule has 0 atom stereocenters. The molecule has 0 saturated heterocycles. The zero-order valence-corrected chi connectivity index (χ0v) is 14.9. The summed E-state index contributed by atoms with van der Waals surface area (Å²) in [6.45, 7) is 12.3. The van der Waals surface area contributed by atoms with Crippen LogP contribution in [0.15, 0.2) is 18.2 Å². The number of nitrogens with zero attached hydrogens (tertiary/aromatic N) is 3. The second-order valence-electron chi connectivity index (χ2n) is 7.04. The fourth-order valence-electron chi connectivity index (χ4n) is 1.92. The molecule has 0 aliphatic heterocycles. The molecule has 2 N–H and O–H groups in total. The maximum Gasteiger partial charge on any atom is 0.488 e. The Kier molecular flexibility index (Phi) is 4.76. The van der Waals surface area contributed by atoms with E-state index in [1.165, 1.54) is 0 Å². The maximum absolute atomic E-state index is 9.18. The molecule has 2 aromatic rings. The van der Waals surface area contributed by atoms with E-state index in [2.05, 4.69) is 44.2 Å². The van der Waals surface area contributed by atoms with Gasteiger partial charge in [-0.05, 0) is 35.7 Å². The van der Waals surface area contributed by atoms with Crippen molar-refractivity contribution in [3.8, 4) is 0 Å². The van der Waals surface area contributed by atoms with Crippen LogP contribution in [0.1, 0.15) is 20.8 Å². The highest BCUT2D eigenvalue weighted by Crippen LogP contribution is 2.36. The van der Waals surface area contributed by atoms with E-state index >= 15 is 0 Å². The monoisotopic (exact) mass is 321 g/mol. The van der Waals surface area contributed by atoms with E-state index in [0.717, 1.165) is 5.52 Å². The second-order valence-corrected chi connectivity index (χ2v) is 11.9. The minimum Gasteiger partial charge on any atom is -0.423 e. The molecule has 2 rings (SSSR count). The van der Waals surface area contributed by atoms with Gasteiger partial charge in [-0.15, -0.1) is 5.10 Å². The Balaban J connectivity index is 2.07. The first-order chi connectivity index (χ1) is 10.1. The molecule has 0 bridgehead atoms. The van der Waals surface area contributed by atoms with Gasteiger partial charge in [0, 0.05) is 0 Å². The highest BCUT2D eigenvalue weighted by atomic mass is 28.4. The Morgan fingerprint density at radius 1 is 1.27 bits per heavy atom. The number of hydrogen-bond donors (Lipinski definition) is 2. The van der Waals surface area contributed by atoms with Gasteiger partial charge >= 0.3 is 7.12 Å². The smallest absolute Gasteiger partial charge is 0.423 e. The van der Waals surface area contributed by atoms with Crippen LogP contribution in [0.3, 0.4) is 0 Å².